The van der Waals surface area contributed by atoms with E-state index in [0.29, 0.717) is 5.92 Å². The highest BCUT2D eigenvalue weighted by molar-refractivity contribution is 7.18. The van der Waals surface area contributed by atoms with Crippen LogP contribution < -0.4 is 5.73 Å². The van der Waals surface area contributed by atoms with Crippen LogP contribution in [0.3, 0.4) is 0 Å². The number of aromatic nitrogens is 1. The summed E-state index contributed by atoms with van der Waals surface area (Å²) in [4.78, 5) is 9.49. The summed E-state index contributed by atoms with van der Waals surface area (Å²) in [5.41, 5.74) is 9.50. The van der Waals surface area contributed by atoms with Gasteiger partial charge in [0.25, 0.3) is 0 Å². The predicted octanol–water partition coefficient (Wildman–Crippen LogP) is 4.10. The number of nitrogens with zero attached hydrogens (tertiary/aromatic N) is 2. The first kappa shape index (κ1) is 14.7. The van der Waals surface area contributed by atoms with Gasteiger partial charge in [0.1, 0.15) is 5.01 Å². The third-order valence-electron chi connectivity index (χ3n) is 4.41. The van der Waals surface area contributed by atoms with Gasteiger partial charge in [-0.05, 0) is 49.8 Å². The van der Waals surface area contributed by atoms with Crippen molar-refractivity contribution in [1.82, 2.24) is 4.98 Å². The van der Waals surface area contributed by atoms with Gasteiger partial charge >= 0.3 is 0 Å². The quantitative estimate of drug-likeness (QED) is 0.928. The SMILES string of the molecule is CCC(C)(N)c1nc2cc(C3=NCC(C)CC3)ccc2s1. The van der Waals surface area contributed by atoms with Crippen molar-refractivity contribution in [2.45, 2.75) is 45.6 Å². The Labute approximate surface area is 130 Å². The van der Waals surface area contributed by atoms with Crippen LogP contribution in [0.4, 0.5) is 0 Å². The largest absolute Gasteiger partial charge is 0.320 e. The summed E-state index contributed by atoms with van der Waals surface area (Å²) < 4.78 is 1.21. The van der Waals surface area contributed by atoms with E-state index in [4.69, 9.17) is 15.7 Å². The second kappa shape index (κ2) is 5.50. The van der Waals surface area contributed by atoms with E-state index >= 15 is 0 Å². The molecule has 0 bridgehead atoms. The molecule has 2 aromatic rings. The average molecular weight is 301 g/mol. The van der Waals surface area contributed by atoms with Gasteiger partial charge < -0.3 is 5.73 Å². The number of benzene rings is 1. The molecular formula is C17H23N3S. The van der Waals surface area contributed by atoms with Crippen molar-refractivity contribution >= 4 is 27.3 Å². The topological polar surface area (TPSA) is 51.3 Å². The Morgan fingerprint density at radius 3 is 2.90 bits per heavy atom. The van der Waals surface area contributed by atoms with E-state index in [9.17, 15) is 0 Å². The van der Waals surface area contributed by atoms with E-state index in [-0.39, 0.29) is 5.54 Å². The van der Waals surface area contributed by atoms with Crippen LogP contribution in [0.15, 0.2) is 23.2 Å². The molecule has 21 heavy (non-hydrogen) atoms. The van der Waals surface area contributed by atoms with Gasteiger partial charge in [-0.25, -0.2) is 4.98 Å². The van der Waals surface area contributed by atoms with Gasteiger partial charge in [0.15, 0.2) is 0 Å². The summed E-state index contributed by atoms with van der Waals surface area (Å²) in [6.45, 7) is 7.38. The molecule has 2 unspecified atom stereocenters. The summed E-state index contributed by atoms with van der Waals surface area (Å²) in [6.07, 6.45) is 3.20. The maximum atomic E-state index is 6.32. The number of aliphatic imine (C=N–C) groups is 1. The van der Waals surface area contributed by atoms with Crippen molar-refractivity contribution in [3.63, 3.8) is 0 Å². The molecule has 3 nitrogen and oxygen atoms in total. The van der Waals surface area contributed by atoms with Crippen LogP contribution in [-0.4, -0.2) is 17.2 Å². The van der Waals surface area contributed by atoms with Gasteiger partial charge in [-0.2, -0.15) is 0 Å². The van der Waals surface area contributed by atoms with Crippen molar-refractivity contribution < 1.29 is 0 Å². The Morgan fingerprint density at radius 1 is 1.43 bits per heavy atom. The molecule has 0 saturated carbocycles. The average Bonchev–Trinajstić information content (AvgIpc) is 2.92. The van der Waals surface area contributed by atoms with E-state index in [0.717, 1.165) is 29.9 Å². The molecule has 2 N–H and O–H groups in total. The van der Waals surface area contributed by atoms with E-state index in [1.807, 2.05) is 0 Å². The summed E-state index contributed by atoms with van der Waals surface area (Å²) in [6, 6.07) is 6.52. The zero-order chi connectivity index (χ0) is 15.0. The third-order valence-corrected chi connectivity index (χ3v) is 5.73. The number of thiazole rings is 1. The molecule has 0 amide bonds. The molecule has 1 aromatic heterocycles. The first-order valence-corrected chi connectivity index (χ1v) is 8.55. The minimum absolute atomic E-state index is 0.332. The highest BCUT2D eigenvalue weighted by Crippen LogP contribution is 2.31. The minimum atomic E-state index is -0.332. The molecule has 1 aliphatic heterocycles. The first-order chi connectivity index (χ1) is 9.99. The highest BCUT2D eigenvalue weighted by Gasteiger charge is 2.23. The Hall–Kier alpha value is -1.26. The second-order valence-electron chi connectivity index (χ2n) is 6.40. The lowest BCUT2D eigenvalue weighted by atomic mass is 9.96. The summed E-state index contributed by atoms with van der Waals surface area (Å²) in [5.74, 6) is 0.714. The molecule has 1 aliphatic rings. The van der Waals surface area contributed by atoms with E-state index in [1.165, 1.54) is 22.4 Å². The van der Waals surface area contributed by atoms with E-state index in [2.05, 4.69) is 39.0 Å². The molecule has 0 fully saturated rings. The number of hydrogen-bond acceptors (Lipinski definition) is 4. The zero-order valence-electron chi connectivity index (χ0n) is 13.0. The van der Waals surface area contributed by atoms with Gasteiger partial charge in [0.05, 0.1) is 15.8 Å². The molecular weight excluding hydrogens is 278 g/mol. The molecule has 4 heteroatoms. The van der Waals surface area contributed by atoms with Crippen LogP contribution in [0.25, 0.3) is 10.2 Å². The molecule has 3 rings (SSSR count). The summed E-state index contributed by atoms with van der Waals surface area (Å²) in [7, 11) is 0. The Kier molecular flexibility index (Phi) is 3.84. The normalized spacial score (nSPS) is 22.1. The van der Waals surface area contributed by atoms with Gasteiger partial charge in [-0.15, -0.1) is 11.3 Å². The van der Waals surface area contributed by atoms with Gasteiger partial charge in [0.2, 0.25) is 0 Å². The van der Waals surface area contributed by atoms with Gasteiger partial charge in [-0.1, -0.05) is 19.9 Å². The van der Waals surface area contributed by atoms with Crippen LogP contribution >= 0.6 is 11.3 Å². The number of hydrogen-bond donors (Lipinski definition) is 1. The fourth-order valence-corrected chi connectivity index (χ4v) is 3.63. The summed E-state index contributed by atoms with van der Waals surface area (Å²) in [5, 5.41) is 1.02. The number of nitrogens with two attached hydrogens (primary N) is 1. The predicted molar refractivity (Wildman–Crippen MR) is 91.3 cm³/mol. The fraction of sp³-hybridized carbons (Fsp3) is 0.529. The molecule has 2 atom stereocenters. The standard InChI is InChI=1S/C17H23N3S/c1-4-17(3,18)16-20-14-9-12(6-8-15(14)21-16)13-7-5-11(2)10-19-13/h6,8-9,11H,4-5,7,10,18H2,1-3H3. The molecule has 0 radical (unpaired) electrons. The number of fused-ring (bicyclic) bond motifs is 1. The van der Waals surface area contributed by atoms with Crippen LogP contribution in [0.5, 0.6) is 0 Å². The maximum Gasteiger partial charge on any atom is 0.113 e. The van der Waals surface area contributed by atoms with Crippen LogP contribution in [-0.2, 0) is 5.54 Å². The van der Waals surface area contributed by atoms with Crippen LogP contribution in [0, 0.1) is 5.92 Å². The Morgan fingerprint density at radius 2 is 2.24 bits per heavy atom. The van der Waals surface area contributed by atoms with Crippen LogP contribution in [0.2, 0.25) is 0 Å². The second-order valence-corrected chi connectivity index (χ2v) is 7.43. The summed E-state index contributed by atoms with van der Waals surface area (Å²) >= 11 is 1.71. The minimum Gasteiger partial charge on any atom is -0.320 e. The lowest BCUT2D eigenvalue weighted by Gasteiger charge is -2.18. The van der Waals surface area contributed by atoms with E-state index in [1.54, 1.807) is 11.3 Å². The maximum absolute atomic E-state index is 6.32. The van der Waals surface area contributed by atoms with Crippen molar-refractivity contribution in [2.75, 3.05) is 6.54 Å². The smallest absolute Gasteiger partial charge is 0.113 e. The lowest BCUT2D eigenvalue weighted by Crippen LogP contribution is -2.31. The van der Waals surface area contributed by atoms with E-state index < -0.39 is 0 Å². The molecule has 1 aromatic carbocycles. The third kappa shape index (κ3) is 2.87. The van der Waals surface area contributed by atoms with Crippen molar-refractivity contribution in [2.24, 2.45) is 16.6 Å². The van der Waals surface area contributed by atoms with Crippen molar-refractivity contribution in [3.8, 4) is 0 Å². The van der Waals surface area contributed by atoms with Gasteiger partial charge in [0, 0.05) is 12.3 Å². The van der Waals surface area contributed by atoms with Crippen molar-refractivity contribution in [1.29, 1.82) is 0 Å². The molecule has 2 heterocycles. The van der Waals surface area contributed by atoms with Crippen molar-refractivity contribution in [3.05, 3.63) is 28.8 Å². The zero-order valence-corrected chi connectivity index (χ0v) is 13.8. The Bertz CT molecular complexity index is 684. The molecule has 112 valence electrons. The Balaban J connectivity index is 1.97. The monoisotopic (exact) mass is 301 g/mol. The fourth-order valence-electron chi connectivity index (χ4n) is 2.56. The number of rotatable bonds is 3. The molecule has 0 saturated heterocycles. The first-order valence-electron chi connectivity index (χ1n) is 7.73. The highest BCUT2D eigenvalue weighted by atomic mass is 32.1. The molecule has 0 spiro atoms. The lowest BCUT2D eigenvalue weighted by molar-refractivity contribution is 0.474. The van der Waals surface area contributed by atoms with Crippen LogP contribution in [0.1, 0.15) is 50.6 Å². The molecule has 0 aliphatic carbocycles. The van der Waals surface area contributed by atoms with Gasteiger partial charge in [-0.3, -0.25) is 4.99 Å².